The molecule has 0 spiro atoms. The van der Waals surface area contributed by atoms with E-state index in [2.05, 4.69) is 15.9 Å². The molecule has 2 rings (SSSR count). The number of carbonyl (C=O) groups excluding carboxylic acids is 3. The molecule has 2 amide bonds. The molecule has 8 nitrogen and oxygen atoms in total. The van der Waals surface area contributed by atoms with Gasteiger partial charge in [-0.3, -0.25) is 9.59 Å². The van der Waals surface area contributed by atoms with Crippen LogP contribution in [-0.2, 0) is 19.1 Å². The Morgan fingerprint density at radius 1 is 1.37 bits per heavy atom. The Balaban J connectivity index is 2.19. The maximum Gasteiger partial charge on any atom is 0.416 e. The van der Waals surface area contributed by atoms with Gasteiger partial charge in [-0.15, -0.1) is 0 Å². The zero-order valence-corrected chi connectivity index (χ0v) is 17.3. The van der Waals surface area contributed by atoms with E-state index in [0.717, 1.165) is 4.90 Å². The lowest BCUT2D eigenvalue weighted by atomic mass is 9.93. The molecule has 2 aliphatic heterocycles. The molecule has 0 radical (unpaired) electrons. The smallest absolute Gasteiger partial charge is 0.416 e. The predicted octanol–water partition coefficient (Wildman–Crippen LogP) is 1.72. The topological polar surface area (TPSA) is 113 Å². The van der Waals surface area contributed by atoms with Gasteiger partial charge in [0.05, 0.1) is 16.4 Å². The lowest BCUT2D eigenvalue weighted by Crippen LogP contribution is -2.52. The van der Waals surface area contributed by atoms with Gasteiger partial charge in [-0.1, -0.05) is 20.8 Å². The van der Waals surface area contributed by atoms with Gasteiger partial charge >= 0.3 is 6.09 Å². The summed E-state index contributed by atoms with van der Waals surface area (Å²) in [5, 5.41) is 19.7. The standard InChI is InChI=1S/C18H26BrNO7/c1-10(2)12-9-26-17(24)20(12)16(23)11(3)15-13(22)8-14(19)18(25,27-15)6-4-5-7-21/h8,10-12,15,21,25H,4-7,9H2,1-3H3. The number of hydrogen-bond donors (Lipinski definition) is 2. The highest BCUT2D eigenvalue weighted by Crippen LogP contribution is 2.37. The lowest BCUT2D eigenvalue weighted by Gasteiger charge is -2.38. The normalized spacial score (nSPS) is 29.7. The number of unbranched alkanes of at least 4 members (excludes halogenated alkanes) is 1. The van der Waals surface area contributed by atoms with Crippen LogP contribution in [0.5, 0.6) is 0 Å². The number of cyclic esters (lactones) is 1. The van der Waals surface area contributed by atoms with E-state index in [1.807, 2.05) is 13.8 Å². The highest BCUT2D eigenvalue weighted by molar-refractivity contribution is 9.11. The summed E-state index contributed by atoms with van der Waals surface area (Å²) in [6.07, 6.45) is 0.333. The second kappa shape index (κ2) is 8.81. The third kappa shape index (κ3) is 4.59. The van der Waals surface area contributed by atoms with E-state index in [1.54, 1.807) is 0 Å². The average Bonchev–Trinajstić information content (AvgIpc) is 2.99. The first-order chi connectivity index (χ1) is 12.6. The Bertz CT molecular complexity index is 635. The van der Waals surface area contributed by atoms with Crippen molar-refractivity contribution in [3.8, 4) is 0 Å². The minimum atomic E-state index is -1.76. The number of aliphatic hydroxyl groups excluding tert-OH is 1. The first kappa shape index (κ1) is 22.0. The molecular weight excluding hydrogens is 422 g/mol. The minimum Gasteiger partial charge on any atom is -0.447 e. The third-order valence-electron chi connectivity index (χ3n) is 4.92. The Kier molecular flexibility index (Phi) is 7.18. The van der Waals surface area contributed by atoms with Crippen molar-refractivity contribution < 1.29 is 34.1 Å². The molecule has 152 valence electrons. The number of nitrogens with zero attached hydrogens (tertiary/aromatic N) is 1. The van der Waals surface area contributed by atoms with Crippen molar-refractivity contribution in [3.05, 3.63) is 10.6 Å². The SMILES string of the molecule is CC(C)C1COC(=O)N1C(=O)C(C)C1OC(O)(CCCCO)C(Br)=CC1=O. The van der Waals surface area contributed by atoms with Crippen LogP contribution in [0.1, 0.15) is 40.0 Å². The summed E-state index contributed by atoms with van der Waals surface area (Å²) in [5.41, 5.74) is 0. The molecule has 0 bridgehead atoms. The quantitative estimate of drug-likeness (QED) is 0.571. The summed E-state index contributed by atoms with van der Waals surface area (Å²) in [6.45, 7) is 5.33. The van der Waals surface area contributed by atoms with Gasteiger partial charge in [0.1, 0.15) is 12.7 Å². The molecule has 2 aliphatic rings. The molecule has 2 N–H and O–H groups in total. The van der Waals surface area contributed by atoms with Crippen molar-refractivity contribution in [2.75, 3.05) is 13.2 Å². The molecule has 27 heavy (non-hydrogen) atoms. The molecule has 4 atom stereocenters. The van der Waals surface area contributed by atoms with E-state index in [9.17, 15) is 19.5 Å². The zero-order valence-electron chi connectivity index (χ0n) is 15.7. The zero-order chi connectivity index (χ0) is 20.4. The summed E-state index contributed by atoms with van der Waals surface area (Å²) in [5.74, 6) is -3.78. The van der Waals surface area contributed by atoms with E-state index in [4.69, 9.17) is 14.6 Å². The number of imide groups is 1. The molecule has 0 aliphatic carbocycles. The number of rotatable bonds is 7. The van der Waals surface area contributed by atoms with Gasteiger partial charge in [0.25, 0.3) is 0 Å². The van der Waals surface area contributed by atoms with E-state index in [1.165, 1.54) is 13.0 Å². The number of ketones is 1. The van der Waals surface area contributed by atoms with Gasteiger partial charge in [-0.25, -0.2) is 9.69 Å². The Morgan fingerprint density at radius 3 is 2.63 bits per heavy atom. The number of carbonyl (C=O) groups is 3. The van der Waals surface area contributed by atoms with Crippen molar-refractivity contribution >= 4 is 33.7 Å². The van der Waals surface area contributed by atoms with Gasteiger partial charge in [0.15, 0.2) is 11.6 Å². The molecule has 2 heterocycles. The second-order valence-electron chi connectivity index (χ2n) is 7.28. The number of ether oxygens (including phenoxy) is 2. The maximum absolute atomic E-state index is 12.9. The first-order valence-corrected chi connectivity index (χ1v) is 9.84. The highest BCUT2D eigenvalue weighted by Gasteiger charge is 2.48. The van der Waals surface area contributed by atoms with Crippen LogP contribution in [0.15, 0.2) is 10.6 Å². The molecule has 0 saturated carbocycles. The van der Waals surface area contributed by atoms with Gasteiger partial charge in [-0.2, -0.15) is 0 Å². The van der Waals surface area contributed by atoms with Gasteiger partial charge in [0, 0.05) is 13.0 Å². The molecule has 0 aromatic heterocycles. The van der Waals surface area contributed by atoms with Crippen LogP contribution in [-0.4, -0.2) is 64.0 Å². The largest absolute Gasteiger partial charge is 0.447 e. The summed E-state index contributed by atoms with van der Waals surface area (Å²) in [7, 11) is 0. The Morgan fingerprint density at radius 2 is 2.04 bits per heavy atom. The fraction of sp³-hybridized carbons (Fsp3) is 0.722. The fourth-order valence-electron chi connectivity index (χ4n) is 3.18. The van der Waals surface area contributed by atoms with Gasteiger partial charge < -0.3 is 19.7 Å². The Hall–Kier alpha value is -1.29. The molecule has 0 aromatic rings. The highest BCUT2D eigenvalue weighted by atomic mass is 79.9. The Labute approximate surface area is 166 Å². The molecule has 1 saturated heterocycles. The van der Waals surface area contributed by atoms with Gasteiger partial charge in [-0.05, 0) is 40.8 Å². The van der Waals surface area contributed by atoms with Crippen LogP contribution in [0.4, 0.5) is 4.79 Å². The minimum absolute atomic E-state index is 0.0000280. The van der Waals surface area contributed by atoms with Crippen LogP contribution in [0.2, 0.25) is 0 Å². The third-order valence-corrected chi connectivity index (χ3v) is 5.77. The van der Waals surface area contributed by atoms with Crippen LogP contribution in [0, 0.1) is 11.8 Å². The fourth-order valence-corrected chi connectivity index (χ4v) is 3.69. The van der Waals surface area contributed by atoms with Crippen LogP contribution < -0.4 is 0 Å². The van der Waals surface area contributed by atoms with E-state index < -0.39 is 41.6 Å². The summed E-state index contributed by atoms with van der Waals surface area (Å²) in [6, 6.07) is -0.406. The van der Waals surface area contributed by atoms with E-state index in [-0.39, 0.29) is 30.0 Å². The van der Waals surface area contributed by atoms with Crippen molar-refractivity contribution in [1.82, 2.24) is 4.90 Å². The average molecular weight is 448 g/mol. The van der Waals surface area contributed by atoms with Crippen LogP contribution >= 0.6 is 15.9 Å². The van der Waals surface area contributed by atoms with Gasteiger partial charge in [0.2, 0.25) is 5.91 Å². The monoisotopic (exact) mass is 447 g/mol. The van der Waals surface area contributed by atoms with E-state index in [0.29, 0.717) is 12.8 Å². The summed E-state index contributed by atoms with van der Waals surface area (Å²) in [4.78, 5) is 38.4. The molecule has 9 heteroatoms. The van der Waals surface area contributed by atoms with Crippen molar-refractivity contribution in [2.45, 2.75) is 58.0 Å². The summed E-state index contributed by atoms with van der Waals surface area (Å²) >= 11 is 3.15. The molecule has 0 aromatic carbocycles. The second-order valence-corrected chi connectivity index (χ2v) is 8.14. The molecule has 4 unspecified atom stereocenters. The van der Waals surface area contributed by atoms with Crippen molar-refractivity contribution in [1.29, 1.82) is 0 Å². The predicted molar refractivity (Wildman–Crippen MR) is 98.8 cm³/mol. The first-order valence-electron chi connectivity index (χ1n) is 9.04. The summed E-state index contributed by atoms with van der Waals surface area (Å²) < 4.78 is 10.8. The number of hydrogen-bond acceptors (Lipinski definition) is 7. The number of halogens is 1. The molecule has 1 fully saturated rings. The molecular formula is C18H26BrNO7. The van der Waals surface area contributed by atoms with Crippen molar-refractivity contribution in [2.24, 2.45) is 11.8 Å². The van der Waals surface area contributed by atoms with Crippen LogP contribution in [0.3, 0.4) is 0 Å². The van der Waals surface area contributed by atoms with Crippen LogP contribution in [0.25, 0.3) is 0 Å². The number of amides is 2. The van der Waals surface area contributed by atoms with Crippen molar-refractivity contribution in [3.63, 3.8) is 0 Å². The van der Waals surface area contributed by atoms with E-state index >= 15 is 0 Å². The maximum atomic E-state index is 12.9. The lowest BCUT2D eigenvalue weighted by molar-refractivity contribution is -0.217. The number of aliphatic hydroxyl groups is 2.